The molecule has 1 amide bonds. The first-order valence-electron chi connectivity index (χ1n) is 8.99. The second kappa shape index (κ2) is 8.14. The SMILES string of the molecule is Cc1noc(CCCC(=O)N(C)Cc2ccccc2N2CCCC2)n1. The molecule has 2 aromatic rings. The van der Waals surface area contributed by atoms with Crippen LogP contribution in [0.2, 0.25) is 0 Å². The topological polar surface area (TPSA) is 62.5 Å². The van der Waals surface area contributed by atoms with Gasteiger partial charge >= 0.3 is 0 Å². The normalized spacial score (nSPS) is 14.1. The van der Waals surface area contributed by atoms with Gasteiger partial charge in [0, 0.05) is 45.2 Å². The van der Waals surface area contributed by atoms with Crippen molar-refractivity contribution in [3.05, 3.63) is 41.5 Å². The van der Waals surface area contributed by atoms with Crippen LogP contribution in [0.4, 0.5) is 5.69 Å². The summed E-state index contributed by atoms with van der Waals surface area (Å²) in [5.41, 5.74) is 2.48. The van der Waals surface area contributed by atoms with Crippen molar-refractivity contribution >= 4 is 11.6 Å². The Hall–Kier alpha value is -2.37. The molecule has 2 heterocycles. The molecule has 6 nitrogen and oxygen atoms in total. The summed E-state index contributed by atoms with van der Waals surface area (Å²) in [6, 6.07) is 8.41. The lowest BCUT2D eigenvalue weighted by atomic mass is 10.1. The first-order valence-corrected chi connectivity index (χ1v) is 8.99. The molecule has 0 atom stereocenters. The first-order chi connectivity index (χ1) is 12.1. The standard InChI is InChI=1S/C19H26N4O2/c1-15-20-18(25-21-15)10-7-11-19(24)22(2)14-16-8-3-4-9-17(16)23-12-5-6-13-23/h3-4,8-9H,5-7,10-14H2,1-2H3. The fraction of sp³-hybridized carbons (Fsp3) is 0.526. The lowest BCUT2D eigenvalue weighted by Gasteiger charge is -2.24. The van der Waals surface area contributed by atoms with E-state index >= 15 is 0 Å². The largest absolute Gasteiger partial charge is 0.371 e. The highest BCUT2D eigenvalue weighted by molar-refractivity contribution is 5.76. The number of carbonyl (C=O) groups is 1. The van der Waals surface area contributed by atoms with E-state index in [1.807, 2.05) is 18.0 Å². The molecular formula is C19H26N4O2. The van der Waals surface area contributed by atoms with Gasteiger partial charge in [-0.1, -0.05) is 23.4 Å². The minimum Gasteiger partial charge on any atom is -0.371 e. The van der Waals surface area contributed by atoms with Gasteiger partial charge in [0.2, 0.25) is 11.8 Å². The number of carbonyl (C=O) groups excluding carboxylic acids is 1. The maximum atomic E-state index is 12.4. The Morgan fingerprint density at radius 2 is 2.04 bits per heavy atom. The number of nitrogens with zero attached hydrogens (tertiary/aromatic N) is 4. The number of anilines is 1. The number of aromatic nitrogens is 2. The van der Waals surface area contributed by atoms with Crippen molar-refractivity contribution < 1.29 is 9.32 Å². The molecule has 0 aliphatic carbocycles. The van der Waals surface area contributed by atoms with E-state index < -0.39 is 0 Å². The van der Waals surface area contributed by atoms with Gasteiger partial charge in [-0.05, 0) is 37.8 Å². The van der Waals surface area contributed by atoms with Crippen molar-refractivity contribution in [2.24, 2.45) is 0 Å². The van der Waals surface area contributed by atoms with Crippen LogP contribution in [0.1, 0.15) is 43.0 Å². The summed E-state index contributed by atoms with van der Waals surface area (Å²) in [6.07, 6.45) is 4.35. The molecule has 0 spiro atoms. The summed E-state index contributed by atoms with van der Waals surface area (Å²) < 4.78 is 5.08. The highest BCUT2D eigenvalue weighted by Gasteiger charge is 2.17. The monoisotopic (exact) mass is 342 g/mol. The number of rotatable bonds is 7. The molecule has 0 bridgehead atoms. The van der Waals surface area contributed by atoms with E-state index in [0.29, 0.717) is 31.1 Å². The number of hydrogen-bond acceptors (Lipinski definition) is 5. The highest BCUT2D eigenvalue weighted by atomic mass is 16.5. The van der Waals surface area contributed by atoms with Crippen LogP contribution < -0.4 is 4.90 Å². The average Bonchev–Trinajstić information content (AvgIpc) is 3.27. The summed E-state index contributed by atoms with van der Waals surface area (Å²) in [5.74, 6) is 1.39. The Balaban J connectivity index is 1.52. The Kier molecular flexibility index (Phi) is 5.68. The van der Waals surface area contributed by atoms with E-state index in [-0.39, 0.29) is 5.91 Å². The Morgan fingerprint density at radius 1 is 1.28 bits per heavy atom. The smallest absolute Gasteiger partial charge is 0.226 e. The van der Waals surface area contributed by atoms with Crippen molar-refractivity contribution in [1.29, 1.82) is 0 Å². The highest BCUT2D eigenvalue weighted by Crippen LogP contribution is 2.25. The lowest BCUT2D eigenvalue weighted by molar-refractivity contribution is -0.130. The number of hydrogen-bond donors (Lipinski definition) is 0. The Morgan fingerprint density at radius 3 is 2.76 bits per heavy atom. The molecule has 1 aliphatic heterocycles. The van der Waals surface area contributed by atoms with Gasteiger partial charge in [-0.15, -0.1) is 0 Å². The second-order valence-electron chi connectivity index (χ2n) is 6.66. The van der Waals surface area contributed by atoms with Gasteiger partial charge < -0.3 is 14.3 Å². The Labute approximate surface area is 148 Å². The van der Waals surface area contributed by atoms with Crippen LogP contribution in [-0.2, 0) is 17.8 Å². The fourth-order valence-electron chi connectivity index (χ4n) is 3.28. The molecule has 1 aromatic carbocycles. The number of benzene rings is 1. The van der Waals surface area contributed by atoms with E-state index in [2.05, 4.69) is 33.2 Å². The molecule has 3 rings (SSSR count). The van der Waals surface area contributed by atoms with Crippen molar-refractivity contribution in [2.45, 2.75) is 45.6 Å². The van der Waals surface area contributed by atoms with Gasteiger partial charge in [0.1, 0.15) is 0 Å². The van der Waals surface area contributed by atoms with E-state index in [1.54, 1.807) is 6.92 Å². The minimum absolute atomic E-state index is 0.146. The summed E-state index contributed by atoms with van der Waals surface area (Å²) in [5, 5.41) is 3.77. The van der Waals surface area contributed by atoms with E-state index in [4.69, 9.17) is 4.52 Å². The van der Waals surface area contributed by atoms with Crippen LogP contribution >= 0.6 is 0 Å². The summed E-state index contributed by atoms with van der Waals surface area (Å²) in [6.45, 7) is 4.66. The third-order valence-corrected chi connectivity index (χ3v) is 4.62. The molecule has 0 unspecified atom stereocenters. The van der Waals surface area contributed by atoms with Crippen LogP contribution in [-0.4, -0.2) is 41.1 Å². The van der Waals surface area contributed by atoms with Crippen LogP contribution in [0.5, 0.6) is 0 Å². The van der Waals surface area contributed by atoms with Crippen LogP contribution in [0.3, 0.4) is 0 Å². The van der Waals surface area contributed by atoms with E-state index in [1.165, 1.54) is 24.1 Å². The molecule has 6 heteroatoms. The molecule has 134 valence electrons. The molecule has 25 heavy (non-hydrogen) atoms. The van der Waals surface area contributed by atoms with Gasteiger partial charge in [-0.25, -0.2) is 0 Å². The summed E-state index contributed by atoms with van der Waals surface area (Å²) >= 11 is 0. The lowest BCUT2D eigenvalue weighted by Crippen LogP contribution is -2.27. The van der Waals surface area contributed by atoms with E-state index in [0.717, 1.165) is 19.5 Å². The zero-order valence-electron chi connectivity index (χ0n) is 15.1. The molecule has 0 radical (unpaired) electrons. The van der Waals surface area contributed by atoms with Crippen LogP contribution in [0, 0.1) is 6.92 Å². The second-order valence-corrected chi connectivity index (χ2v) is 6.66. The van der Waals surface area contributed by atoms with Gasteiger partial charge in [0.15, 0.2) is 5.82 Å². The van der Waals surface area contributed by atoms with Crippen LogP contribution in [0.25, 0.3) is 0 Å². The van der Waals surface area contributed by atoms with Gasteiger partial charge in [-0.3, -0.25) is 4.79 Å². The zero-order valence-corrected chi connectivity index (χ0v) is 15.1. The molecule has 1 aromatic heterocycles. The fourth-order valence-corrected chi connectivity index (χ4v) is 3.28. The van der Waals surface area contributed by atoms with Crippen molar-refractivity contribution in [3.63, 3.8) is 0 Å². The molecule has 0 N–H and O–H groups in total. The van der Waals surface area contributed by atoms with Gasteiger partial charge in [0.25, 0.3) is 0 Å². The third kappa shape index (κ3) is 4.59. The van der Waals surface area contributed by atoms with Gasteiger partial charge in [0.05, 0.1) is 0 Å². The maximum absolute atomic E-state index is 12.4. The van der Waals surface area contributed by atoms with Crippen LogP contribution in [0.15, 0.2) is 28.8 Å². The minimum atomic E-state index is 0.146. The van der Waals surface area contributed by atoms with E-state index in [9.17, 15) is 4.79 Å². The number of amides is 1. The number of aryl methyl sites for hydroxylation is 2. The van der Waals surface area contributed by atoms with Crippen molar-refractivity contribution in [3.8, 4) is 0 Å². The molecule has 1 fully saturated rings. The van der Waals surface area contributed by atoms with Crippen molar-refractivity contribution in [2.75, 3.05) is 25.0 Å². The van der Waals surface area contributed by atoms with Gasteiger partial charge in [-0.2, -0.15) is 4.98 Å². The predicted molar refractivity (Wildman–Crippen MR) is 96.3 cm³/mol. The predicted octanol–water partition coefficient (Wildman–Crippen LogP) is 2.96. The Bertz CT molecular complexity index is 707. The van der Waals surface area contributed by atoms with Crippen molar-refractivity contribution in [1.82, 2.24) is 15.0 Å². The zero-order chi connectivity index (χ0) is 17.6. The summed E-state index contributed by atoms with van der Waals surface area (Å²) in [7, 11) is 1.87. The maximum Gasteiger partial charge on any atom is 0.226 e. The molecule has 1 saturated heterocycles. The average molecular weight is 342 g/mol. The molecular weight excluding hydrogens is 316 g/mol. The number of para-hydroxylation sites is 1. The molecule has 1 aliphatic rings. The first kappa shape index (κ1) is 17.5. The summed E-state index contributed by atoms with van der Waals surface area (Å²) in [4.78, 5) is 20.8. The quantitative estimate of drug-likeness (QED) is 0.774. The third-order valence-electron chi connectivity index (χ3n) is 4.62. The molecule has 0 saturated carbocycles.